The molecule has 0 bridgehead atoms. The van der Waals surface area contributed by atoms with Gasteiger partial charge >= 0.3 is 0 Å². The molecule has 0 saturated carbocycles. The van der Waals surface area contributed by atoms with Crippen molar-refractivity contribution < 1.29 is 0 Å². The Morgan fingerprint density at radius 1 is 1.27 bits per heavy atom. The molecule has 2 N–H and O–H groups in total. The highest BCUT2D eigenvalue weighted by Crippen LogP contribution is 2.30. The summed E-state index contributed by atoms with van der Waals surface area (Å²) in [6, 6.07) is 0. The Kier molecular flexibility index (Phi) is 2.90. The van der Waals surface area contributed by atoms with E-state index in [0.29, 0.717) is 5.41 Å². The van der Waals surface area contributed by atoms with Crippen LogP contribution in [-0.2, 0) is 0 Å². The fourth-order valence-corrected chi connectivity index (χ4v) is 1.48. The highest BCUT2D eigenvalue weighted by Gasteiger charge is 2.28. The van der Waals surface area contributed by atoms with Crippen molar-refractivity contribution in [2.75, 3.05) is 19.8 Å². The fourth-order valence-electron chi connectivity index (χ4n) is 1.48. The van der Waals surface area contributed by atoms with Gasteiger partial charge in [-0.25, -0.2) is 0 Å². The van der Waals surface area contributed by atoms with Crippen LogP contribution in [0.25, 0.3) is 0 Å². The molecule has 1 aliphatic rings. The van der Waals surface area contributed by atoms with Gasteiger partial charge in [0.25, 0.3) is 0 Å². The molecular formula is C9H20N2. The van der Waals surface area contributed by atoms with Crippen LogP contribution in [-0.4, -0.2) is 19.8 Å². The predicted molar refractivity (Wildman–Crippen MR) is 48.4 cm³/mol. The molecule has 1 heterocycles. The van der Waals surface area contributed by atoms with Gasteiger partial charge in [-0.05, 0) is 24.3 Å². The number of nitrogens with one attached hydrogen (secondary N) is 2. The monoisotopic (exact) mass is 156 g/mol. The maximum absolute atomic E-state index is 3.41. The second kappa shape index (κ2) is 3.55. The van der Waals surface area contributed by atoms with Crippen molar-refractivity contribution in [2.45, 2.75) is 27.2 Å². The molecule has 1 saturated heterocycles. The molecule has 1 aliphatic heterocycles. The minimum Gasteiger partial charge on any atom is -0.304 e. The SMILES string of the molecule is CC(C)C1(C)CCNCNC1. The Morgan fingerprint density at radius 2 is 2.00 bits per heavy atom. The van der Waals surface area contributed by atoms with E-state index in [-0.39, 0.29) is 0 Å². The fraction of sp³-hybridized carbons (Fsp3) is 1.00. The standard InChI is InChI=1S/C9H20N2/c1-8(2)9(3)4-5-10-7-11-6-9/h8,10-11H,4-7H2,1-3H3. The quantitative estimate of drug-likeness (QED) is 0.596. The lowest BCUT2D eigenvalue weighted by Crippen LogP contribution is -2.34. The molecular weight excluding hydrogens is 136 g/mol. The summed E-state index contributed by atoms with van der Waals surface area (Å²) < 4.78 is 0. The first-order chi connectivity index (χ1) is 5.15. The third-order valence-corrected chi connectivity index (χ3v) is 3.05. The largest absolute Gasteiger partial charge is 0.304 e. The minimum atomic E-state index is 0.490. The molecule has 2 nitrogen and oxygen atoms in total. The van der Waals surface area contributed by atoms with Crippen molar-refractivity contribution in [1.82, 2.24) is 10.6 Å². The minimum absolute atomic E-state index is 0.490. The van der Waals surface area contributed by atoms with Gasteiger partial charge in [0.1, 0.15) is 0 Å². The molecule has 1 fully saturated rings. The topological polar surface area (TPSA) is 24.1 Å². The first kappa shape index (κ1) is 9.01. The maximum atomic E-state index is 3.41. The lowest BCUT2D eigenvalue weighted by Gasteiger charge is -2.32. The van der Waals surface area contributed by atoms with Crippen LogP contribution in [0, 0.1) is 11.3 Å². The zero-order valence-corrected chi connectivity index (χ0v) is 7.91. The lowest BCUT2D eigenvalue weighted by atomic mass is 9.76. The first-order valence-corrected chi connectivity index (χ1v) is 4.56. The van der Waals surface area contributed by atoms with Crippen LogP contribution >= 0.6 is 0 Å². The molecule has 66 valence electrons. The molecule has 1 unspecified atom stereocenters. The van der Waals surface area contributed by atoms with Crippen molar-refractivity contribution in [3.63, 3.8) is 0 Å². The number of hydrogen-bond acceptors (Lipinski definition) is 2. The second-order valence-corrected chi connectivity index (χ2v) is 4.16. The van der Waals surface area contributed by atoms with E-state index in [2.05, 4.69) is 31.4 Å². The van der Waals surface area contributed by atoms with E-state index in [1.165, 1.54) is 6.42 Å². The molecule has 0 spiro atoms. The van der Waals surface area contributed by atoms with Crippen molar-refractivity contribution in [2.24, 2.45) is 11.3 Å². The van der Waals surface area contributed by atoms with Crippen LogP contribution in [0.15, 0.2) is 0 Å². The smallest absolute Gasteiger partial charge is 0.0454 e. The van der Waals surface area contributed by atoms with Gasteiger partial charge in [0.2, 0.25) is 0 Å². The van der Waals surface area contributed by atoms with Crippen LogP contribution in [0.4, 0.5) is 0 Å². The molecule has 0 radical (unpaired) electrons. The molecule has 2 heteroatoms. The van der Waals surface area contributed by atoms with E-state index >= 15 is 0 Å². The molecule has 0 amide bonds. The van der Waals surface area contributed by atoms with Crippen LogP contribution in [0.2, 0.25) is 0 Å². The highest BCUT2D eigenvalue weighted by atomic mass is 15.1. The summed E-state index contributed by atoms with van der Waals surface area (Å²) in [5.74, 6) is 0.773. The molecule has 0 aromatic carbocycles. The Hall–Kier alpha value is -0.0800. The number of hydrogen-bond donors (Lipinski definition) is 2. The normalized spacial score (nSPS) is 33.8. The lowest BCUT2D eigenvalue weighted by molar-refractivity contribution is 0.207. The molecule has 1 rings (SSSR count). The molecule has 1 atom stereocenters. The van der Waals surface area contributed by atoms with Crippen LogP contribution in [0.1, 0.15) is 27.2 Å². The Balaban J connectivity index is 2.52. The van der Waals surface area contributed by atoms with Gasteiger partial charge in [0.05, 0.1) is 0 Å². The van der Waals surface area contributed by atoms with E-state index in [4.69, 9.17) is 0 Å². The van der Waals surface area contributed by atoms with Gasteiger partial charge in [-0.15, -0.1) is 0 Å². The van der Waals surface area contributed by atoms with Crippen LogP contribution in [0.3, 0.4) is 0 Å². The van der Waals surface area contributed by atoms with Gasteiger partial charge in [0, 0.05) is 13.2 Å². The van der Waals surface area contributed by atoms with E-state index in [9.17, 15) is 0 Å². The molecule has 0 aromatic rings. The van der Waals surface area contributed by atoms with Gasteiger partial charge < -0.3 is 10.6 Å². The first-order valence-electron chi connectivity index (χ1n) is 4.56. The highest BCUT2D eigenvalue weighted by molar-refractivity contribution is 4.82. The van der Waals surface area contributed by atoms with E-state index < -0.39 is 0 Å². The van der Waals surface area contributed by atoms with Crippen LogP contribution < -0.4 is 10.6 Å². The van der Waals surface area contributed by atoms with Crippen molar-refractivity contribution >= 4 is 0 Å². The van der Waals surface area contributed by atoms with E-state index in [1.807, 2.05) is 0 Å². The summed E-state index contributed by atoms with van der Waals surface area (Å²) in [5, 5.41) is 6.75. The van der Waals surface area contributed by atoms with Gasteiger partial charge in [-0.3, -0.25) is 0 Å². The molecule has 11 heavy (non-hydrogen) atoms. The summed E-state index contributed by atoms with van der Waals surface area (Å²) in [5.41, 5.74) is 0.490. The number of rotatable bonds is 1. The van der Waals surface area contributed by atoms with Gasteiger partial charge in [0.15, 0.2) is 0 Å². The van der Waals surface area contributed by atoms with Crippen molar-refractivity contribution in [3.05, 3.63) is 0 Å². The molecule has 0 aromatic heterocycles. The van der Waals surface area contributed by atoms with Crippen molar-refractivity contribution in [3.8, 4) is 0 Å². The summed E-state index contributed by atoms with van der Waals surface area (Å²) in [7, 11) is 0. The summed E-state index contributed by atoms with van der Waals surface area (Å²) in [6.45, 7) is 10.3. The Morgan fingerprint density at radius 3 is 2.64 bits per heavy atom. The molecule has 0 aliphatic carbocycles. The zero-order valence-electron chi connectivity index (χ0n) is 7.91. The Bertz CT molecular complexity index is 113. The predicted octanol–water partition coefficient (Wildman–Crippen LogP) is 1.19. The Labute approximate surface area is 69.8 Å². The van der Waals surface area contributed by atoms with E-state index in [1.54, 1.807) is 0 Å². The zero-order chi connectivity index (χ0) is 8.32. The van der Waals surface area contributed by atoms with Crippen LogP contribution in [0.5, 0.6) is 0 Å². The van der Waals surface area contributed by atoms with Crippen molar-refractivity contribution in [1.29, 1.82) is 0 Å². The summed E-state index contributed by atoms with van der Waals surface area (Å²) in [4.78, 5) is 0. The van der Waals surface area contributed by atoms with Gasteiger partial charge in [-0.1, -0.05) is 20.8 Å². The maximum Gasteiger partial charge on any atom is 0.0454 e. The van der Waals surface area contributed by atoms with Gasteiger partial charge in [-0.2, -0.15) is 0 Å². The average molecular weight is 156 g/mol. The summed E-state index contributed by atoms with van der Waals surface area (Å²) in [6.07, 6.45) is 1.29. The average Bonchev–Trinajstić information content (AvgIpc) is 2.15. The van der Waals surface area contributed by atoms with E-state index in [0.717, 1.165) is 25.7 Å². The third-order valence-electron chi connectivity index (χ3n) is 3.05. The third kappa shape index (κ3) is 2.17. The second-order valence-electron chi connectivity index (χ2n) is 4.16. The summed E-state index contributed by atoms with van der Waals surface area (Å²) >= 11 is 0.